The third-order valence-corrected chi connectivity index (χ3v) is 5.85. The van der Waals surface area contributed by atoms with Crippen molar-refractivity contribution in [1.29, 1.82) is 0 Å². The summed E-state index contributed by atoms with van der Waals surface area (Å²) in [5, 5.41) is 6.82. The minimum absolute atomic E-state index is 0.0338. The highest BCUT2D eigenvalue weighted by Crippen LogP contribution is 2.31. The van der Waals surface area contributed by atoms with Gasteiger partial charge in [0.2, 0.25) is 0 Å². The molecular weight excluding hydrogens is 402 g/mol. The van der Waals surface area contributed by atoms with E-state index in [1.54, 1.807) is 37.8 Å². The molecule has 0 atom stereocenters. The fourth-order valence-corrected chi connectivity index (χ4v) is 4.11. The van der Waals surface area contributed by atoms with Gasteiger partial charge in [0.25, 0.3) is 0 Å². The van der Waals surface area contributed by atoms with Crippen molar-refractivity contribution < 1.29 is 9.53 Å². The molecule has 0 unspecified atom stereocenters. The molecule has 2 amide bonds. The summed E-state index contributed by atoms with van der Waals surface area (Å²) in [5.74, 6) is 2.09. The summed E-state index contributed by atoms with van der Waals surface area (Å²) < 4.78 is 5.24. The van der Waals surface area contributed by atoms with E-state index < -0.39 is 0 Å². The van der Waals surface area contributed by atoms with E-state index in [-0.39, 0.29) is 6.03 Å². The van der Waals surface area contributed by atoms with Crippen LogP contribution >= 0.6 is 11.3 Å². The molecule has 0 radical (unpaired) electrons. The molecule has 1 aliphatic rings. The summed E-state index contributed by atoms with van der Waals surface area (Å²) in [6.45, 7) is 2.88. The van der Waals surface area contributed by atoms with Crippen molar-refractivity contribution in [3.8, 4) is 16.3 Å². The lowest BCUT2D eigenvalue weighted by molar-refractivity contribution is 0.196. The number of urea groups is 1. The van der Waals surface area contributed by atoms with Crippen LogP contribution in [0.25, 0.3) is 10.6 Å². The first-order valence-corrected chi connectivity index (χ1v) is 10.4. The Morgan fingerprint density at radius 3 is 2.73 bits per heavy atom. The zero-order valence-electron chi connectivity index (χ0n) is 16.8. The van der Waals surface area contributed by atoms with Crippen molar-refractivity contribution in [3.05, 3.63) is 42.7 Å². The molecule has 0 spiro atoms. The van der Waals surface area contributed by atoms with Gasteiger partial charge in [-0.15, -0.1) is 0 Å². The molecule has 0 aromatic carbocycles. The van der Waals surface area contributed by atoms with Crippen LogP contribution in [0.1, 0.15) is 0 Å². The second-order valence-electron chi connectivity index (χ2n) is 6.65. The van der Waals surface area contributed by atoms with Gasteiger partial charge in [0, 0.05) is 51.7 Å². The van der Waals surface area contributed by atoms with Gasteiger partial charge < -0.3 is 25.2 Å². The van der Waals surface area contributed by atoms with Gasteiger partial charge in [-0.2, -0.15) is 0 Å². The number of pyridine rings is 2. The number of anilines is 3. The summed E-state index contributed by atoms with van der Waals surface area (Å²) in [5.41, 5.74) is 0.843. The smallest absolute Gasteiger partial charge is 0.317 e. The quantitative estimate of drug-likeness (QED) is 0.649. The second kappa shape index (κ2) is 8.95. The largest absolute Gasteiger partial charge is 0.497 e. The molecule has 4 rings (SSSR count). The maximum absolute atomic E-state index is 11.8. The average Bonchev–Trinajstić information content (AvgIpc) is 3.29. The third kappa shape index (κ3) is 4.43. The third-order valence-electron chi connectivity index (χ3n) is 4.77. The lowest BCUT2D eigenvalue weighted by Gasteiger charge is -2.34. The number of hydrogen-bond acceptors (Lipinski definition) is 8. The standard InChI is InChI=1S/C20H23N7O2S/c1-21-19(28)26-8-10-27(11-9-26)20-23-13-16(30-20)15-4-3-5-17(24-15)25-18-12-14(29-2)6-7-22-18/h3-7,12-13H,8-11H2,1-2H3,(H,21,28)(H,22,24,25). The Kier molecular flexibility index (Phi) is 5.94. The number of thiazole rings is 1. The van der Waals surface area contributed by atoms with Crippen molar-refractivity contribution in [2.24, 2.45) is 0 Å². The molecule has 0 saturated carbocycles. The van der Waals surface area contributed by atoms with Crippen LogP contribution in [0.3, 0.4) is 0 Å². The van der Waals surface area contributed by atoms with E-state index in [9.17, 15) is 4.79 Å². The molecule has 30 heavy (non-hydrogen) atoms. The Bertz CT molecular complexity index is 1020. The fraction of sp³-hybridized carbons (Fsp3) is 0.300. The number of amides is 2. The second-order valence-corrected chi connectivity index (χ2v) is 7.66. The SMILES string of the molecule is CNC(=O)N1CCN(c2ncc(-c3cccc(Nc4cc(OC)ccn4)n3)s2)CC1. The maximum Gasteiger partial charge on any atom is 0.317 e. The fourth-order valence-electron chi connectivity index (χ4n) is 3.17. The number of hydrogen-bond donors (Lipinski definition) is 2. The Morgan fingerprint density at radius 1 is 1.13 bits per heavy atom. The number of carbonyl (C=O) groups excluding carboxylic acids is 1. The Hall–Kier alpha value is -3.40. The number of methoxy groups -OCH3 is 1. The van der Waals surface area contributed by atoms with E-state index in [1.807, 2.05) is 35.4 Å². The number of nitrogens with zero attached hydrogens (tertiary/aromatic N) is 5. The molecule has 1 saturated heterocycles. The minimum Gasteiger partial charge on any atom is -0.497 e. The number of ether oxygens (including phenoxy) is 1. The average molecular weight is 426 g/mol. The van der Waals surface area contributed by atoms with Crippen LogP contribution in [0.2, 0.25) is 0 Å². The Balaban J connectivity index is 1.45. The van der Waals surface area contributed by atoms with Crippen LogP contribution < -0.4 is 20.3 Å². The predicted molar refractivity (Wildman–Crippen MR) is 118 cm³/mol. The first-order valence-electron chi connectivity index (χ1n) is 9.58. The topological polar surface area (TPSA) is 95.5 Å². The summed E-state index contributed by atoms with van der Waals surface area (Å²) in [6.07, 6.45) is 3.53. The molecule has 4 heterocycles. The summed E-state index contributed by atoms with van der Waals surface area (Å²) >= 11 is 1.60. The highest BCUT2D eigenvalue weighted by atomic mass is 32.1. The van der Waals surface area contributed by atoms with Crippen LogP contribution in [0, 0.1) is 0 Å². The molecule has 1 aliphatic heterocycles. The number of piperazine rings is 1. The van der Waals surface area contributed by atoms with Crippen LogP contribution in [-0.4, -0.2) is 66.2 Å². The molecule has 1 fully saturated rings. The van der Waals surface area contributed by atoms with E-state index in [2.05, 4.69) is 25.5 Å². The predicted octanol–water partition coefficient (Wildman–Crippen LogP) is 2.81. The van der Waals surface area contributed by atoms with E-state index >= 15 is 0 Å². The van der Waals surface area contributed by atoms with Crippen LogP contribution in [0.4, 0.5) is 21.6 Å². The highest BCUT2D eigenvalue weighted by molar-refractivity contribution is 7.18. The lowest BCUT2D eigenvalue weighted by atomic mass is 10.3. The van der Waals surface area contributed by atoms with Crippen molar-refractivity contribution in [3.63, 3.8) is 0 Å². The van der Waals surface area contributed by atoms with Gasteiger partial charge in [-0.3, -0.25) is 0 Å². The first kappa shape index (κ1) is 19.9. The van der Waals surface area contributed by atoms with E-state index in [0.717, 1.165) is 34.5 Å². The van der Waals surface area contributed by atoms with E-state index in [1.165, 1.54) is 0 Å². The molecule has 0 aliphatic carbocycles. The molecule has 156 valence electrons. The van der Waals surface area contributed by atoms with Gasteiger partial charge >= 0.3 is 6.03 Å². The number of rotatable bonds is 5. The monoisotopic (exact) mass is 425 g/mol. The molecular formula is C20H23N7O2S. The minimum atomic E-state index is -0.0338. The number of aromatic nitrogens is 3. The first-order chi connectivity index (χ1) is 14.7. The Morgan fingerprint density at radius 2 is 1.97 bits per heavy atom. The van der Waals surface area contributed by atoms with Gasteiger partial charge in [-0.25, -0.2) is 19.7 Å². The van der Waals surface area contributed by atoms with Gasteiger partial charge in [0.15, 0.2) is 5.13 Å². The van der Waals surface area contributed by atoms with Crippen LogP contribution in [-0.2, 0) is 0 Å². The van der Waals surface area contributed by atoms with Crippen molar-refractivity contribution in [2.75, 3.05) is 50.6 Å². The van der Waals surface area contributed by atoms with E-state index in [4.69, 9.17) is 9.72 Å². The number of carbonyl (C=O) groups is 1. The van der Waals surface area contributed by atoms with Crippen molar-refractivity contribution in [1.82, 2.24) is 25.2 Å². The maximum atomic E-state index is 11.8. The van der Waals surface area contributed by atoms with Crippen LogP contribution in [0.5, 0.6) is 5.75 Å². The summed E-state index contributed by atoms with van der Waals surface area (Å²) in [6, 6.07) is 9.38. The highest BCUT2D eigenvalue weighted by Gasteiger charge is 2.22. The van der Waals surface area contributed by atoms with Crippen LogP contribution in [0.15, 0.2) is 42.7 Å². The van der Waals surface area contributed by atoms with Crippen molar-refractivity contribution >= 4 is 34.1 Å². The normalized spacial score (nSPS) is 13.8. The zero-order valence-corrected chi connectivity index (χ0v) is 17.6. The van der Waals surface area contributed by atoms with Gasteiger partial charge in [0.05, 0.1) is 17.7 Å². The summed E-state index contributed by atoms with van der Waals surface area (Å²) in [4.78, 5) is 30.3. The molecule has 2 N–H and O–H groups in total. The number of nitrogens with one attached hydrogen (secondary N) is 2. The summed E-state index contributed by atoms with van der Waals surface area (Å²) in [7, 11) is 3.28. The van der Waals surface area contributed by atoms with Gasteiger partial charge in [-0.1, -0.05) is 17.4 Å². The zero-order chi connectivity index (χ0) is 20.9. The van der Waals surface area contributed by atoms with Crippen molar-refractivity contribution in [2.45, 2.75) is 0 Å². The molecule has 0 bridgehead atoms. The molecule has 3 aromatic rings. The van der Waals surface area contributed by atoms with Gasteiger partial charge in [-0.05, 0) is 18.2 Å². The molecule has 3 aromatic heterocycles. The molecule has 10 heteroatoms. The lowest BCUT2D eigenvalue weighted by Crippen LogP contribution is -2.51. The van der Waals surface area contributed by atoms with Gasteiger partial charge in [0.1, 0.15) is 17.4 Å². The molecule has 9 nitrogen and oxygen atoms in total. The Labute approximate surface area is 178 Å². The van der Waals surface area contributed by atoms with E-state index in [0.29, 0.717) is 24.7 Å².